The third kappa shape index (κ3) is 10.0. The number of benzene rings is 3. The van der Waals surface area contributed by atoms with E-state index in [-0.39, 0.29) is 19.0 Å². The van der Waals surface area contributed by atoms with Crippen LogP contribution in [0.15, 0.2) is 97.5 Å². The minimum Gasteiger partial charge on any atom is -0.479 e. The van der Waals surface area contributed by atoms with E-state index in [9.17, 15) is 24.3 Å². The topological polar surface area (TPSA) is 161 Å². The highest BCUT2D eigenvalue weighted by Crippen LogP contribution is 2.25. The Hall–Kier alpha value is -5.49. The molecule has 1 heterocycles. The predicted molar refractivity (Wildman–Crippen MR) is 180 cm³/mol. The molecule has 0 saturated heterocycles. The number of hydrogen-bond donors (Lipinski definition) is 4. The van der Waals surface area contributed by atoms with E-state index in [0.717, 1.165) is 16.7 Å². The van der Waals surface area contributed by atoms with Crippen molar-refractivity contribution in [3.8, 4) is 11.1 Å². The fraction of sp³-hybridized carbons (Fsp3) is 0.306. The highest BCUT2D eigenvalue weighted by atomic mass is 16.6. The maximum absolute atomic E-state index is 13.5. The molecule has 0 spiro atoms. The number of rotatable bonds is 13. The lowest BCUT2D eigenvalue weighted by Crippen LogP contribution is -2.59. The summed E-state index contributed by atoms with van der Waals surface area (Å²) < 4.78 is 12.4. The van der Waals surface area contributed by atoms with Gasteiger partial charge in [0.05, 0.1) is 19.5 Å². The van der Waals surface area contributed by atoms with Crippen molar-refractivity contribution in [3.63, 3.8) is 0 Å². The Bertz CT molecular complexity index is 1700. The molecule has 4 aromatic rings. The smallest absolute Gasteiger partial charge is 0.408 e. The number of nitrogens with one attached hydrogen (secondary N) is 3. The first kappa shape index (κ1) is 35.4. The normalized spacial score (nSPS) is 12.8. The number of carbonyl (C=O) groups excluding carboxylic acids is 3. The number of aliphatic carboxylic acids is 1. The lowest BCUT2D eigenvalue weighted by Gasteiger charge is -2.29. The SMILES string of the molecule is CC(C)(C)OC(=O)NC(C)(C)C(=O)NC(COCc1ccccc1)C(=O)Nc1cn(C(C(=O)O)c2ccc(-c3ccccc3)cc2)cn1. The van der Waals surface area contributed by atoms with Crippen LogP contribution in [0, 0.1) is 0 Å². The highest BCUT2D eigenvalue weighted by molar-refractivity contribution is 5.98. The second-order valence-electron chi connectivity index (χ2n) is 12.7. The molecule has 48 heavy (non-hydrogen) atoms. The molecule has 12 heteroatoms. The molecule has 0 radical (unpaired) electrons. The maximum Gasteiger partial charge on any atom is 0.408 e. The van der Waals surface area contributed by atoms with Crippen LogP contribution >= 0.6 is 0 Å². The monoisotopic (exact) mass is 655 g/mol. The van der Waals surface area contributed by atoms with Crippen molar-refractivity contribution in [1.29, 1.82) is 0 Å². The molecule has 12 nitrogen and oxygen atoms in total. The fourth-order valence-electron chi connectivity index (χ4n) is 4.69. The van der Waals surface area contributed by atoms with E-state index in [0.29, 0.717) is 5.56 Å². The van der Waals surface area contributed by atoms with E-state index >= 15 is 0 Å². The first-order chi connectivity index (χ1) is 22.7. The average molecular weight is 656 g/mol. The molecule has 1 aromatic heterocycles. The molecule has 4 rings (SSSR count). The highest BCUT2D eigenvalue weighted by Gasteiger charge is 2.35. The molecule has 2 unspecified atom stereocenters. The van der Waals surface area contributed by atoms with Gasteiger partial charge in [-0.2, -0.15) is 0 Å². The average Bonchev–Trinajstić information content (AvgIpc) is 3.47. The molecule has 0 aliphatic heterocycles. The molecule has 0 aliphatic rings. The third-order valence-electron chi connectivity index (χ3n) is 7.12. The van der Waals surface area contributed by atoms with Gasteiger partial charge in [-0.25, -0.2) is 14.6 Å². The van der Waals surface area contributed by atoms with Crippen molar-refractivity contribution in [3.05, 3.63) is 109 Å². The Kier molecular flexibility index (Phi) is 11.3. The number of alkyl carbamates (subject to hydrolysis) is 1. The van der Waals surface area contributed by atoms with Crippen LogP contribution in [-0.2, 0) is 30.5 Å². The molecular weight excluding hydrogens is 614 g/mol. The number of carboxylic acids is 1. The predicted octanol–water partition coefficient (Wildman–Crippen LogP) is 5.17. The third-order valence-corrected chi connectivity index (χ3v) is 7.12. The number of aromatic nitrogens is 2. The zero-order valence-corrected chi connectivity index (χ0v) is 27.6. The van der Waals surface area contributed by atoms with Crippen molar-refractivity contribution in [1.82, 2.24) is 20.2 Å². The zero-order valence-electron chi connectivity index (χ0n) is 27.6. The molecule has 3 amide bonds. The van der Waals surface area contributed by atoms with E-state index in [1.807, 2.05) is 72.8 Å². The summed E-state index contributed by atoms with van der Waals surface area (Å²) in [6.45, 7) is 8.03. The largest absolute Gasteiger partial charge is 0.479 e. The summed E-state index contributed by atoms with van der Waals surface area (Å²) in [6.07, 6.45) is 1.92. The fourth-order valence-corrected chi connectivity index (χ4v) is 4.69. The standard InChI is InChI=1S/C36H41N5O7/c1-35(2,3)48-34(46)40-36(4,5)33(45)38-28(22-47-21-24-12-8-6-9-13-24)31(42)39-29-20-41(23-37-29)30(32(43)44)27-18-16-26(17-19-27)25-14-10-7-11-15-25/h6-20,23,28,30H,21-22H2,1-5H3,(H,38,45)(H,39,42)(H,40,46)(H,43,44). The van der Waals surface area contributed by atoms with Gasteiger partial charge in [0.25, 0.3) is 5.91 Å². The van der Waals surface area contributed by atoms with Gasteiger partial charge in [-0.05, 0) is 56.9 Å². The first-order valence-corrected chi connectivity index (χ1v) is 15.4. The molecule has 3 aromatic carbocycles. The Balaban J connectivity index is 1.48. The number of carbonyl (C=O) groups is 4. The van der Waals surface area contributed by atoms with Crippen LogP contribution in [0.5, 0.6) is 0 Å². The van der Waals surface area contributed by atoms with Gasteiger partial charge in [0.15, 0.2) is 11.9 Å². The van der Waals surface area contributed by atoms with Crippen LogP contribution in [0.3, 0.4) is 0 Å². The van der Waals surface area contributed by atoms with E-state index in [1.54, 1.807) is 32.9 Å². The number of imidazole rings is 1. The number of carboxylic acid groups (broad SMARTS) is 1. The van der Waals surface area contributed by atoms with Crippen LogP contribution in [0.4, 0.5) is 10.6 Å². The van der Waals surface area contributed by atoms with Gasteiger partial charge in [-0.3, -0.25) is 9.59 Å². The van der Waals surface area contributed by atoms with Crippen LogP contribution in [0.25, 0.3) is 11.1 Å². The van der Waals surface area contributed by atoms with Crippen molar-refractivity contribution in [2.75, 3.05) is 11.9 Å². The van der Waals surface area contributed by atoms with Gasteiger partial charge in [0, 0.05) is 6.20 Å². The van der Waals surface area contributed by atoms with Gasteiger partial charge in [0.2, 0.25) is 5.91 Å². The quantitative estimate of drug-likeness (QED) is 0.154. The summed E-state index contributed by atoms with van der Waals surface area (Å²) in [6, 6.07) is 23.9. The van der Waals surface area contributed by atoms with Gasteiger partial charge in [0.1, 0.15) is 17.2 Å². The summed E-state index contributed by atoms with van der Waals surface area (Å²) in [5, 5.41) is 17.9. The van der Waals surface area contributed by atoms with Gasteiger partial charge in [-0.15, -0.1) is 0 Å². The van der Waals surface area contributed by atoms with E-state index in [4.69, 9.17) is 9.47 Å². The molecule has 0 bridgehead atoms. The Morgan fingerprint density at radius 3 is 2.06 bits per heavy atom. The molecule has 252 valence electrons. The second kappa shape index (κ2) is 15.4. The molecule has 0 saturated carbocycles. The lowest BCUT2D eigenvalue weighted by molar-refractivity contribution is -0.139. The Labute approximate surface area is 279 Å². The van der Waals surface area contributed by atoms with Crippen molar-refractivity contribution < 1.29 is 33.8 Å². The number of ether oxygens (including phenoxy) is 2. The van der Waals surface area contributed by atoms with E-state index in [2.05, 4.69) is 20.9 Å². The van der Waals surface area contributed by atoms with Gasteiger partial charge >= 0.3 is 12.1 Å². The summed E-state index contributed by atoms with van der Waals surface area (Å²) in [5.74, 6) is -2.36. The number of hydrogen-bond acceptors (Lipinski definition) is 7. The van der Waals surface area contributed by atoms with Gasteiger partial charge in [-0.1, -0.05) is 84.9 Å². The molecule has 4 N–H and O–H groups in total. The summed E-state index contributed by atoms with van der Waals surface area (Å²) in [5.41, 5.74) is 1.09. The number of anilines is 1. The minimum atomic E-state index is -1.45. The first-order valence-electron chi connectivity index (χ1n) is 15.4. The molecular formula is C36H41N5O7. The van der Waals surface area contributed by atoms with E-state index in [1.165, 1.54) is 30.9 Å². The summed E-state index contributed by atoms with van der Waals surface area (Å²) in [7, 11) is 0. The van der Waals surface area contributed by atoms with E-state index < -0.39 is 47.1 Å². The van der Waals surface area contributed by atoms with Crippen LogP contribution < -0.4 is 16.0 Å². The van der Waals surface area contributed by atoms with Crippen LogP contribution in [0.2, 0.25) is 0 Å². The molecule has 2 atom stereocenters. The zero-order chi connectivity index (χ0) is 34.9. The van der Waals surface area contributed by atoms with Crippen LogP contribution in [0.1, 0.15) is 51.8 Å². The molecule has 0 fully saturated rings. The Morgan fingerprint density at radius 1 is 0.854 bits per heavy atom. The summed E-state index contributed by atoms with van der Waals surface area (Å²) in [4.78, 5) is 55.8. The minimum absolute atomic E-state index is 0.0700. The van der Waals surface area contributed by atoms with Gasteiger partial charge < -0.3 is 35.1 Å². The number of amides is 3. The van der Waals surface area contributed by atoms with Crippen molar-refractivity contribution >= 4 is 29.7 Å². The van der Waals surface area contributed by atoms with Crippen LogP contribution in [-0.4, -0.2) is 62.3 Å². The van der Waals surface area contributed by atoms with Crippen molar-refractivity contribution in [2.24, 2.45) is 0 Å². The number of nitrogens with zero attached hydrogens (tertiary/aromatic N) is 2. The Morgan fingerprint density at radius 2 is 1.46 bits per heavy atom. The van der Waals surface area contributed by atoms with Crippen molar-refractivity contribution in [2.45, 2.75) is 64.4 Å². The molecule has 0 aliphatic carbocycles. The maximum atomic E-state index is 13.5. The lowest BCUT2D eigenvalue weighted by atomic mass is 10.0. The summed E-state index contributed by atoms with van der Waals surface area (Å²) >= 11 is 0. The second-order valence-corrected chi connectivity index (χ2v) is 12.7.